The maximum Gasteiger partial charge on any atom is 0.224 e. The summed E-state index contributed by atoms with van der Waals surface area (Å²) in [6, 6.07) is 10.6. The average Bonchev–Trinajstić information content (AvgIpc) is 3.13. The molecule has 1 saturated heterocycles. The maximum absolute atomic E-state index is 12.9. The van der Waals surface area contributed by atoms with Gasteiger partial charge in [-0.3, -0.25) is 4.79 Å². The molecule has 1 amide bonds. The summed E-state index contributed by atoms with van der Waals surface area (Å²) in [6.07, 6.45) is 2.50. The molecule has 164 valence electrons. The number of amides is 1. The molecule has 2 aromatic heterocycles. The zero-order chi connectivity index (χ0) is 22.0. The Labute approximate surface area is 183 Å². The molecule has 1 aromatic carbocycles. The number of benzene rings is 1. The molecule has 0 radical (unpaired) electrons. The van der Waals surface area contributed by atoms with Gasteiger partial charge in [0.05, 0.1) is 11.0 Å². The van der Waals surface area contributed by atoms with Crippen molar-refractivity contribution in [2.75, 3.05) is 25.0 Å². The van der Waals surface area contributed by atoms with Crippen LogP contribution in [0.1, 0.15) is 62.3 Å². The maximum atomic E-state index is 12.9. The molecular formula is C24H32N6O. The molecule has 7 heteroatoms. The second-order valence-electron chi connectivity index (χ2n) is 8.75. The Morgan fingerprint density at radius 1 is 1.16 bits per heavy atom. The number of anilines is 1. The first-order chi connectivity index (χ1) is 14.9. The standard InChI is InChI=1S/C24H32N6O/c1-16(2)30-21-10-6-5-9-20(21)28-23(30)19-8-7-13-29(15-19)22(31)11-12-25-24-26-17(3)14-18(4)27-24/h5-6,9-10,14,16,19H,7-8,11-13,15H2,1-4H3,(H,25,26,27)/t19-/m1/s1. The third-order valence-corrected chi connectivity index (χ3v) is 5.88. The Kier molecular flexibility index (Phi) is 6.20. The number of aryl methyl sites for hydroxylation is 2. The van der Waals surface area contributed by atoms with Crippen LogP contribution < -0.4 is 5.32 Å². The van der Waals surface area contributed by atoms with E-state index in [9.17, 15) is 4.79 Å². The van der Waals surface area contributed by atoms with Gasteiger partial charge >= 0.3 is 0 Å². The van der Waals surface area contributed by atoms with Crippen LogP contribution in [0.5, 0.6) is 0 Å². The Morgan fingerprint density at radius 3 is 2.65 bits per heavy atom. The van der Waals surface area contributed by atoms with Gasteiger partial charge in [0.1, 0.15) is 5.82 Å². The van der Waals surface area contributed by atoms with Crippen molar-refractivity contribution in [2.45, 2.75) is 58.9 Å². The minimum Gasteiger partial charge on any atom is -0.354 e. The summed E-state index contributed by atoms with van der Waals surface area (Å²) >= 11 is 0. The number of aromatic nitrogens is 4. The van der Waals surface area contributed by atoms with Crippen molar-refractivity contribution < 1.29 is 4.79 Å². The minimum atomic E-state index is 0.175. The lowest BCUT2D eigenvalue weighted by molar-refractivity contribution is -0.132. The highest BCUT2D eigenvalue weighted by atomic mass is 16.2. The monoisotopic (exact) mass is 420 g/mol. The number of piperidine rings is 1. The second-order valence-corrected chi connectivity index (χ2v) is 8.75. The van der Waals surface area contributed by atoms with Crippen LogP contribution in [0.4, 0.5) is 5.95 Å². The molecule has 4 rings (SSSR count). The van der Waals surface area contributed by atoms with E-state index in [-0.39, 0.29) is 11.8 Å². The SMILES string of the molecule is Cc1cc(C)nc(NCCC(=O)N2CCC[C@@H](c3nc4ccccc4n3C(C)C)C2)n1. The van der Waals surface area contributed by atoms with E-state index in [0.717, 1.165) is 48.7 Å². The molecule has 1 aliphatic heterocycles. The lowest BCUT2D eigenvalue weighted by Gasteiger charge is -2.33. The summed E-state index contributed by atoms with van der Waals surface area (Å²) in [4.78, 5) is 28.6. The number of hydrogen-bond acceptors (Lipinski definition) is 5. The van der Waals surface area contributed by atoms with Gasteiger partial charge < -0.3 is 14.8 Å². The Hall–Kier alpha value is -2.96. The Bertz CT molecular complexity index is 1050. The van der Waals surface area contributed by atoms with Gasteiger partial charge in [-0.05, 0) is 58.7 Å². The molecule has 0 unspecified atom stereocenters. The normalized spacial score (nSPS) is 16.8. The summed E-state index contributed by atoms with van der Waals surface area (Å²) in [6.45, 7) is 10.4. The molecule has 1 N–H and O–H groups in total. The summed E-state index contributed by atoms with van der Waals surface area (Å²) in [7, 11) is 0. The molecular weight excluding hydrogens is 388 g/mol. The number of carbonyl (C=O) groups is 1. The molecule has 0 spiro atoms. The van der Waals surface area contributed by atoms with Crippen LogP contribution in [0.2, 0.25) is 0 Å². The molecule has 0 bridgehead atoms. The van der Waals surface area contributed by atoms with Crippen LogP contribution in [-0.2, 0) is 4.79 Å². The molecule has 0 aliphatic carbocycles. The Balaban J connectivity index is 1.42. The van der Waals surface area contributed by atoms with E-state index in [4.69, 9.17) is 4.98 Å². The fourth-order valence-corrected chi connectivity index (χ4v) is 4.55. The van der Waals surface area contributed by atoms with Crippen LogP contribution in [0.25, 0.3) is 11.0 Å². The first-order valence-corrected chi connectivity index (χ1v) is 11.2. The van der Waals surface area contributed by atoms with Crippen LogP contribution in [0.3, 0.4) is 0 Å². The molecule has 1 fully saturated rings. The van der Waals surface area contributed by atoms with E-state index in [1.54, 1.807) is 0 Å². The van der Waals surface area contributed by atoms with Gasteiger partial charge in [-0.15, -0.1) is 0 Å². The molecule has 3 aromatic rings. The van der Waals surface area contributed by atoms with Gasteiger partial charge in [-0.1, -0.05) is 12.1 Å². The quantitative estimate of drug-likeness (QED) is 0.646. The van der Waals surface area contributed by atoms with Gasteiger partial charge in [0.15, 0.2) is 0 Å². The summed E-state index contributed by atoms with van der Waals surface area (Å²) in [5.74, 6) is 2.14. The lowest BCUT2D eigenvalue weighted by Crippen LogP contribution is -2.40. The van der Waals surface area contributed by atoms with Crippen molar-refractivity contribution in [2.24, 2.45) is 0 Å². The first-order valence-electron chi connectivity index (χ1n) is 11.2. The lowest BCUT2D eigenvalue weighted by atomic mass is 9.96. The average molecular weight is 421 g/mol. The van der Waals surface area contributed by atoms with Gasteiger partial charge in [-0.25, -0.2) is 15.0 Å². The highest BCUT2D eigenvalue weighted by Crippen LogP contribution is 2.31. The number of imidazole rings is 1. The van der Waals surface area contributed by atoms with Crippen molar-refractivity contribution >= 4 is 22.9 Å². The zero-order valence-electron chi connectivity index (χ0n) is 18.9. The fraction of sp³-hybridized carbons (Fsp3) is 0.500. The largest absolute Gasteiger partial charge is 0.354 e. The van der Waals surface area contributed by atoms with Crippen molar-refractivity contribution in [3.05, 3.63) is 47.5 Å². The van der Waals surface area contributed by atoms with E-state index in [2.05, 4.69) is 51.9 Å². The van der Waals surface area contributed by atoms with Crippen LogP contribution in [0, 0.1) is 13.8 Å². The minimum absolute atomic E-state index is 0.175. The first kappa shape index (κ1) is 21.3. The van der Waals surface area contributed by atoms with Gasteiger partial charge in [0.25, 0.3) is 0 Å². The molecule has 1 aliphatic rings. The van der Waals surface area contributed by atoms with Crippen molar-refractivity contribution in [1.29, 1.82) is 0 Å². The summed E-state index contributed by atoms with van der Waals surface area (Å²) < 4.78 is 2.34. The van der Waals surface area contributed by atoms with E-state index in [1.165, 1.54) is 5.52 Å². The molecule has 1 atom stereocenters. The predicted octanol–water partition coefficient (Wildman–Crippen LogP) is 4.23. The molecule has 7 nitrogen and oxygen atoms in total. The van der Waals surface area contributed by atoms with Crippen molar-refractivity contribution in [3.8, 4) is 0 Å². The number of rotatable bonds is 6. The third-order valence-electron chi connectivity index (χ3n) is 5.88. The van der Waals surface area contributed by atoms with Gasteiger partial charge in [-0.2, -0.15) is 0 Å². The molecule has 31 heavy (non-hydrogen) atoms. The van der Waals surface area contributed by atoms with E-state index in [0.29, 0.717) is 25.0 Å². The number of nitrogens with one attached hydrogen (secondary N) is 1. The number of likely N-dealkylation sites (tertiary alicyclic amines) is 1. The number of nitrogens with zero attached hydrogens (tertiary/aromatic N) is 5. The fourth-order valence-electron chi connectivity index (χ4n) is 4.55. The zero-order valence-corrected chi connectivity index (χ0v) is 18.9. The van der Waals surface area contributed by atoms with E-state index < -0.39 is 0 Å². The summed E-state index contributed by atoms with van der Waals surface area (Å²) in [5, 5.41) is 3.19. The highest BCUT2D eigenvalue weighted by molar-refractivity contribution is 5.77. The van der Waals surface area contributed by atoms with Gasteiger partial charge in [0, 0.05) is 49.4 Å². The van der Waals surface area contributed by atoms with Crippen LogP contribution >= 0.6 is 0 Å². The van der Waals surface area contributed by atoms with E-state index in [1.807, 2.05) is 30.9 Å². The second kappa shape index (κ2) is 9.04. The topological polar surface area (TPSA) is 75.9 Å². The number of hydrogen-bond donors (Lipinski definition) is 1. The Morgan fingerprint density at radius 2 is 1.90 bits per heavy atom. The smallest absolute Gasteiger partial charge is 0.224 e. The number of carbonyl (C=O) groups excluding carboxylic acids is 1. The number of fused-ring (bicyclic) bond motifs is 1. The number of para-hydroxylation sites is 2. The van der Waals surface area contributed by atoms with Crippen LogP contribution in [-0.4, -0.2) is 50.0 Å². The van der Waals surface area contributed by atoms with Gasteiger partial charge in [0.2, 0.25) is 11.9 Å². The highest BCUT2D eigenvalue weighted by Gasteiger charge is 2.29. The third kappa shape index (κ3) is 4.70. The van der Waals surface area contributed by atoms with Crippen LogP contribution in [0.15, 0.2) is 30.3 Å². The van der Waals surface area contributed by atoms with Crippen molar-refractivity contribution in [1.82, 2.24) is 24.4 Å². The van der Waals surface area contributed by atoms with Crippen molar-refractivity contribution in [3.63, 3.8) is 0 Å². The summed E-state index contributed by atoms with van der Waals surface area (Å²) in [5.41, 5.74) is 4.06. The predicted molar refractivity (Wildman–Crippen MR) is 123 cm³/mol. The molecule has 3 heterocycles. The molecule has 0 saturated carbocycles. The van der Waals surface area contributed by atoms with E-state index >= 15 is 0 Å².